The highest BCUT2D eigenvalue weighted by Crippen LogP contribution is 2.20. The van der Waals surface area contributed by atoms with Gasteiger partial charge < -0.3 is 15.7 Å². The summed E-state index contributed by atoms with van der Waals surface area (Å²) in [5.41, 5.74) is 0.435. The second-order valence-electron chi connectivity index (χ2n) is 5.31. The van der Waals surface area contributed by atoms with Crippen molar-refractivity contribution >= 4 is 11.7 Å². The van der Waals surface area contributed by atoms with Crippen LogP contribution in [0.1, 0.15) is 26.7 Å². The predicted molar refractivity (Wildman–Crippen MR) is 73.5 cm³/mol. The predicted octanol–water partition coefficient (Wildman–Crippen LogP) is 2.75. The maximum absolute atomic E-state index is 12.7. The molecule has 0 aromatic heterocycles. The van der Waals surface area contributed by atoms with Gasteiger partial charge in [0.15, 0.2) is 0 Å². The van der Waals surface area contributed by atoms with Crippen LogP contribution in [0.5, 0.6) is 0 Å². The normalized spacial score (nSPS) is 11.2. The Labute approximate surface area is 113 Å². The van der Waals surface area contributed by atoms with Gasteiger partial charge in [0.05, 0.1) is 0 Å². The average Bonchev–Trinajstić information content (AvgIpc) is 2.38. The first kappa shape index (κ1) is 15.4. The lowest BCUT2D eigenvalue weighted by Crippen LogP contribution is -2.30. The number of anilines is 1. The van der Waals surface area contributed by atoms with Crippen LogP contribution in [0.2, 0.25) is 0 Å². The Kier molecular flexibility index (Phi) is 5.76. The summed E-state index contributed by atoms with van der Waals surface area (Å²) in [5.74, 6) is -0.336. The van der Waals surface area contributed by atoms with Crippen molar-refractivity contribution in [2.45, 2.75) is 26.7 Å². The molecule has 1 aromatic carbocycles. The summed E-state index contributed by atoms with van der Waals surface area (Å²) in [6.07, 6.45) is 1.63. The Morgan fingerprint density at radius 3 is 2.53 bits per heavy atom. The largest absolute Gasteiger partial charge is 0.396 e. The molecule has 1 rings (SSSR count). The molecule has 0 unspecified atom stereocenters. The summed E-state index contributed by atoms with van der Waals surface area (Å²) in [5, 5.41) is 14.4. The number of hydrogen-bond donors (Lipinski definition) is 3. The number of rotatable bonds is 6. The number of aliphatic hydroxyl groups is 1. The molecule has 0 aliphatic rings. The highest BCUT2D eigenvalue weighted by Gasteiger charge is 2.15. The van der Waals surface area contributed by atoms with Crippen molar-refractivity contribution in [2.24, 2.45) is 5.41 Å². The fourth-order valence-electron chi connectivity index (χ4n) is 1.56. The molecule has 0 spiro atoms. The van der Waals surface area contributed by atoms with Gasteiger partial charge >= 0.3 is 6.03 Å². The molecule has 0 bridgehead atoms. The van der Waals surface area contributed by atoms with Crippen LogP contribution in [0, 0.1) is 11.2 Å². The number of carbonyl (C=O) groups is 1. The molecule has 0 radical (unpaired) electrons. The molecule has 0 fully saturated rings. The topological polar surface area (TPSA) is 61.4 Å². The fourth-order valence-corrected chi connectivity index (χ4v) is 1.56. The van der Waals surface area contributed by atoms with E-state index in [4.69, 9.17) is 5.11 Å². The van der Waals surface area contributed by atoms with Crippen molar-refractivity contribution in [1.29, 1.82) is 0 Å². The van der Waals surface area contributed by atoms with Crippen LogP contribution in [-0.4, -0.2) is 24.3 Å². The molecular formula is C14H21FN2O2. The number of nitrogens with one attached hydrogen (secondary N) is 2. The zero-order chi connectivity index (χ0) is 14.3. The number of amides is 2. The number of hydrogen-bond acceptors (Lipinski definition) is 2. The Hall–Kier alpha value is -1.62. The molecule has 0 saturated heterocycles. The van der Waals surface area contributed by atoms with Crippen LogP contribution in [0.15, 0.2) is 24.3 Å². The lowest BCUT2D eigenvalue weighted by molar-refractivity contribution is 0.148. The molecule has 3 N–H and O–H groups in total. The lowest BCUT2D eigenvalue weighted by Gasteiger charge is -2.21. The molecule has 0 atom stereocenters. The van der Waals surface area contributed by atoms with E-state index >= 15 is 0 Å². The third-order valence-corrected chi connectivity index (χ3v) is 2.85. The highest BCUT2D eigenvalue weighted by molar-refractivity contribution is 5.89. The smallest absolute Gasteiger partial charge is 0.319 e. The van der Waals surface area contributed by atoms with Crippen molar-refractivity contribution in [2.75, 3.05) is 18.5 Å². The van der Waals surface area contributed by atoms with Gasteiger partial charge in [-0.05, 0) is 42.5 Å². The lowest BCUT2D eigenvalue weighted by atomic mass is 9.89. The van der Waals surface area contributed by atoms with Gasteiger partial charge in [-0.3, -0.25) is 0 Å². The molecular weight excluding hydrogens is 247 g/mol. The van der Waals surface area contributed by atoms with E-state index in [-0.39, 0.29) is 23.9 Å². The third kappa shape index (κ3) is 6.20. The quantitative estimate of drug-likeness (QED) is 0.695. The van der Waals surface area contributed by atoms with E-state index in [0.717, 1.165) is 12.8 Å². The van der Waals surface area contributed by atoms with Crippen molar-refractivity contribution in [3.05, 3.63) is 30.1 Å². The molecule has 2 amide bonds. The summed E-state index contributed by atoms with van der Waals surface area (Å²) >= 11 is 0. The first-order chi connectivity index (χ1) is 8.93. The van der Waals surface area contributed by atoms with Crippen LogP contribution >= 0.6 is 0 Å². The molecule has 4 nitrogen and oxygen atoms in total. The summed E-state index contributed by atoms with van der Waals surface area (Å²) in [7, 11) is 0. The molecule has 1 aromatic rings. The van der Waals surface area contributed by atoms with E-state index in [0.29, 0.717) is 12.2 Å². The van der Waals surface area contributed by atoms with E-state index < -0.39 is 0 Å². The van der Waals surface area contributed by atoms with E-state index in [2.05, 4.69) is 10.6 Å². The first-order valence-corrected chi connectivity index (χ1v) is 6.34. The Balaban J connectivity index is 2.23. The second kappa shape index (κ2) is 7.09. The number of benzene rings is 1. The zero-order valence-corrected chi connectivity index (χ0v) is 11.4. The van der Waals surface area contributed by atoms with Crippen molar-refractivity contribution in [3.63, 3.8) is 0 Å². The summed E-state index contributed by atoms with van der Waals surface area (Å²) in [6.45, 7) is 4.63. The molecule has 0 heterocycles. The van der Waals surface area contributed by atoms with E-state index in [9.17, 15) is 9.18 Å². The molecule has 106 valence electrons. The molecule has 0 saturated carbocycles. The van der Waals surface area contributed by atoms with Crippen LogP contribution in [0.4, 0.5) is 14.9 Å². The third-order valence-electron chi connectivity index (χ3n) is 2.85. The molecule has 0 aliphatic heterocycles. The van der Waals surface area contributed by atoms with E-state index in [1.807, 2.05) is 13.8 Å². The van der Waals surface area contributed by atoms with E-state index in [1.54, 1.807) is 0 Å². The van der Waals surface area contributed by atoms with Crippen LogP contribution in [-0.2, 0) is 0 Å². The maximum Gasteiger partial charge on any atom is 0.319 e. The minimum Gasteiger partial charge on any atom is -0.396 e. The summed E-state index contributed by atoms with van der Waals surface area (Å²) in [6, 6.07) is 5.28. The van der Waals surface area contributed by atoms with Gasteiger partial charge in [0.1, 0.15) is 5.82 Å². The Bertz CT molecular complexity index is 404. The highest BCUT2D eigenvalue weighted by atomic mass is 19.1. The summed E-state index contributed by atoms with van der Waals surface area (Å²) < 4.78 is 12.7. The van der Waals surface area contributed by atoms with Gasteiger partial charge in [0.25, 0.3) is 0 Å². The fraction of sp³-hybridized carbons (Fsp3) is 0.500. The van der Waals surface area contributed by atoms with E-state index in [1.165, 1.54) is 24.3 Å². The van der Waals surface area contributed by atoms with Gasteiger partial charge in [0.2, 0.25) is 0 Å². The average molecular weight is 268 g/mol. The van der Waals surface area contributed by atoms with Gasteiger partial charge in [0, 0.05) is 18.8 Å². The number of carbonyl (C=O) groups excluding carboxylic acids is 1. The van der Waals surface area contributed by atoms with Gasteiger partial charge in [-0.1, -0.05) is 13.8 Å². The van der Waals surface area contributed by atoms with Crippen LogP contribution in [0.3, 0.4) is 0 Å². The van der Waals surface area contributed by atoms with Crippen molar-refractivity contribution in [3.8, 4) is 0 Å². The Morgan fingerprint density at radius 1 is 1.32 bits per heavy atom. The minimum atomic E-state index is -0.336. The van der Waals surface area contributed by atoms with Crippen LogP contribution in [0.25, 0.3) is 0 Å². The van der Waals surface area contributed by atoms with Crippen molar-refractivity contribution in [1.82, 2.24) is 5.32 Å². The Morgan fingerprint density at radius 2 is 1.95 bits per heavy atom. The number of aliphatic hydroxyl groups excluding tert-OH is 1. The monoisotopic (exact) mass is 268 g/mol. The first-order valence-electron chi connectivity index (χ1n) is 6.34. The summed E-state index contributed by atoms with van der Waals surface area (Å²) in [4.78, 5) is 11.5. The number of halogens is 1. The van der Waals surface area contributed by atoms with Gasteiger partial charge in [-0.2, -0.15) is 0 Å². The molecule has 19 heavy (non-hydrogen) atoms. The van der Waals surface area contributed by atoms with Crippen LogP contribution < -0.4 is 10.6 Å². The molecule has 0 aliphatic carbocycles. The van der Waals surface area contributed by atoms with Crippen molar-refractivity contribution < 1.29 is 14.3 Å². The number of urea groups is 1. The SMILES string of the molecule is CC(C)(CO)CCCNC(=O)Nc1ccc(F)cc1. The maximum atomic E-state index is 12.7. The zero-order valence-electron chi connectivity index (χ0n) is 11.4. The standard InChI is InChI=1S/C14H21FN2O2/c1-14(2,10-18)8-3-9-16-13(19)17-12-6-4-11(15)5-7-12/h4-7,18H,3,8-10H2,1-2H3,(H2,16,17,19). The molecule has 5 heteroatoms. The second-order valence-corrected chi connectivity index (χ2v) is 5.31. The minimum absolute atomic E-state index is 0.116. The van der Waals surface area contributed by atoms with Gasteiger partial charge in [-0.25, -0.2) is 9.18 Å². The van der Waals surface area contributed by atoms with Gasteiger partial charge in [-0.15, -0.1) is 0 Å².